The van der Waals surface area contributed by atoms with Gasteiger partial charge in [-0.05, 0) is 44.7 Å². The SMILES string of the molecule is CN(c1ccc2c(n1)CCC2)C(C)(C)CBr. The molecule has 0 atom stereocenters. The van der Waals surface area contributed by atoms with E-state index in [0.29, 0.717) is 0 Å². The fourth-order valence-corrected chi connectivity index (χ4v) is 2.37. The van der Waals surface area contributed by atoms with Gasteiger partial charge in [-0.2, -0.15) is 0 Å². The number of nitrogens with zero attached hydrogens (tertiary/aromatic N) is 2. The third-order valence-electron chi connectivity index (χ3n) is 3.49. The highest BCUT2D eigenvalue weighted by Crippen LogP contribution is 2.26. The molecular weight excluding hydrogens is 264 g/mol. The van der Waals surface area contributed by atoms with Gasteiger partial charge in [0.25, 0.3) is 0 Å². The Labute approximate surface area is 106 Å². The molecule has 0 saturated carbocycles. The number of hydrogen-bond donors (Lipinski definition) is 0. The zero-order chi connectivity index (χ0) is 11.8. The first-order valence-electron chi connectivity index (χ1n) is 5.83. The minimum absolute atomic E-state index is 0.0971. The quantitative estimate of drug-likeness (QED) is 0.792. The highest BCUT2D eigenvalue weighted by Gasteiger charge is 2.24. The molecule has 3 heteroatoms. The largest absolute Gasteiger partial charge is 0.354 e. The second kappa shape index (κ2) is 4.36. The Morgan fingerprint density at radius 2 is 2.12 bits per heavy atom. The maximum Gasteiger partial charge on any atom is 0.129 e. The molecule has 2 rings (SSSR count). The zero-order valence-corrected chi connectivity index (χ0v) is 11.8. The fraction of sp³-hybridized carbons (Fsp3) is 0.615. The topological polar surface area (TPSA) is 16.1 Å². The Kier molecular flexibility index (Phi) is 3.24. The summed E-state index contributed by atoms with van der Waals surface area (Å²) >= 11 is 3.56. The molecular formula is C13H19BrN2. The standard InChI is InChI=1S/C13H19BrN2/c1-13(2,9-14)16(3)12-8-7-10-5-4-6-11(10)15-12/h7-8H,4-6,9H2,1-3H3. The molecule has 1 aliphatic rings. The second-order valence-electron chi connectivity index (χ2n) is 5.13. The number of halogens is 1. The maximum atomic E-state index is 4.77. The van der Waals surface area contributed by atoms with Gasteiger partial charge in [0.05, 0.1) is 0 Å². The lowest BCUT2D eigenvalue weighted by atomic mass is 10.1. The first-order chi connectivity index (χ1) is 7.54. The van der Waals surface area contributed by atoms with Crippen molar-refractivity contribution in [1.82, 2.24) is 4.98 Å². The fourth-order valence-electron chi connectivity index (χ4n) is 2.00. The van der Waals surface area contributed by atoms with E-state index >= 15 is 0 Å². The molecule has 0 bridgehead atoms. The Bertz CT molecular complexity index is 388. The molecule has 0 N–H and O–H groups in total. The van der Waals surface area contributed by atoms with E-state index in [-0.39, 0.29) is 5.54 Å². The summed E-state index contributed by atoms with van der Waals surface area (Å²) < 4.78 is 0. The van der Waals surface area contributed by atoms with E-state index in [1.807, 2.05) is 0 Å². The van der Waals surface area contributed by atoms with E-state index in [1.165, 1.54) is 24.1 Å². The van der Waals surface area contributed by atoms with Crippen LogP contribution in [0.5, 0.6) is 0 Å². The molecule has 1 aliphatic carbocycles. The van der Waals surface area contributed by atoms with Gasteiger partial charge in [-0.1, -0.05) is 22.0 Å². The van der Waals surface area contributed by atoms with Crippen molar-refractivity contribution in [3.8, 4) is 0 Å². The number of rotatable bonds is 3. The molecule has 0 aliphatic heterocycles. The third-order valence-corrected chi connectivity index (χ3v) is 4.86. The van der Waals surface area contributed by atoms with Crippen LogP contribution >= 0.6 is 15.9 Å². The molecule has 0 saturated heterocycles. The normalized spacial score (nSPS) is 15.0. The number of anilines is 1. The third kappa shape index (κ3) is 2.10. The average molecular weight is 283 g/mol. The van der Waals surface area contributed by atoms with Gasteiger partial charge in [0.1, 0.15) is 5.82 Å². The first-order valence-corrected chi connectivity index (χ1v) is 6.95. The molecule has 0 aromatic carbocycles. The predicted molar refractivity (Wildman–Crippen MR) is 72.5 cm³/mol. The van der Waals surface area contributed by atoms with Crippen LogP contribution in [0, 0.1) is 0 Å². The molecule has 0 unspecified atom stereocenters. The lowest BCUT2D eigenvalue weighted by molar-refractivity contribution is 0.546. The van der Waals surface area contributed by atoms with E-state index in [2.05, 4.69) is 53.9 Å². The molecule has 0 fully saturated rings. The molecule has 1 aromatic heterocycles. The van der Waals surface area contributed by atoms with Crippen LogP contribution in [0.15, 0.2) is 12.1 Å². The number of aryl methyl sites for hydroxylation is 2. The molecule has 1 aromatic rings. The molecule has 2 nitrogen and oxygen atoms in total. The summed E-state index contributed by atoms with van der Waals surface area (Å²) in [6, 6.07) is 4.39. The van der Waals surface area contributed by atoms with Crippen LogP contribution in [0.3, 0.4) is 0 Å². The minimum Gasteiger partial charge on any atom is -0.354 e. The van der Waals surface area contributed by atoms with Crippen molar-refractivity contribution in [2.45, 2.75) is 38.6 Å². The number of hydrogen-bond acceptors (Lipinski definition) is 2. The van der Waals surface area contributed by atoms with Crippen molar-refractivity contribution in [3.05, 3.63) is 23.4 Å². The number of alkyl halides is 1. The number of pyridine rings is 1. The highest BCUT2D eigenvalue weighted by atomic mass is 79.9. The molecule has 0 radical (unpaired) electrons. The number of aromatic nitrogens is 1. The van der Waals surface area contributed by atoms with Gasteiger partial charge >= 0.3 is 0 Å². The monoisotopic (exact) mass is 282 g/mol. The molecule has 0 spiro atoms. The first kappa shape index (κ1) is 11.9. The summed E-state index contributed by atoms with van der Waals surface area (Å²) in [6.45, 7) is 4.44. The van der Waals surface area contributed by atoms with E-state index in [9.17, 15) is 0 Å². The van der Waals surface area contributed by atoms with Crippen LogP contribution in [0.4, 0.5) is 5.82 Å². The zero-order valence-electron chi connectivity index (χ0n) is 10.3. The maximum absolute atomic E-state index is 4.77. The summed E-state index contributed by atoms with van der Waals surface area (Å²) in [5, 5.41) is 0.940. The van der Waals surface area contributed by atoms with E-state index in [0.717, 1.165) is 17.6 Å². The lowest BCUT2D eigenvalue weighted by Gasteiger charge is -2.35. The van der Waals surface area contributed by atoms with Gasteiger partial charge in [0.15, 0.2) is 0 Å². The van der Waals surface area contributed by atoms with Crippen LogP contribution < -0.4 is 4.90 Å². The van der Waals surface area contributed by atoms with E-state index < -0.39 is 0 Å². The van der Waals surface area contributed by atoms with E-state index in [4.69, 9.17) is 4.98 Å². The van der Waals surface area contributed by atoms with Crippen LogP contribution in [-0.4, -0.2) is 22.9 Å². The lowest BCUT2D eigenvalue weighted by Crippen LogP contribution is -2.43. The van der Waals surface area contributed by atoms with Gasteiger partial charge in [-0.3, -0.25) is 0 Å². The summed E-state index contributed by atoms with van der Waals surface area (Å²) in [5.41, 5.74) is 2.84. The Balaban J connectivity index is 2.28. The average Bonchev–Trinajstić information content (AvgIpc) is 2.74. The number of fused-ring (bicyclic) bond motifs is 1. The van der Waals surface area contributed by atoms with Crippen LogP contribution in [0.2, 0.25) is 0 Å². The van der Waals surface area contributed by atoms with Crippen molar-refractivity contribution in [2.24, 2.45) is 0 Å². The second-order valence-corrected chi connectivity index (χ2v) is 5.69. The molecule has 1 heterocycles. The van der Waals surface area contributed by atoms with Gasteiger partial charge in [-0.15, -0.1) is 0 Å². The van der Waals surface area contributed by atoms with E-state index in [1.54, 1.807) is 0 Å². The van der Waals surface area contributed by atoms with Gasteiger partial charge in [-0.25, -0.2) is 4.98 Å². The van der Waals surface area contributed by atoms with Gasteiger partial charge < -0.3 is 4.90 Å². The van der Waals surface area contributed by atoms with Crippen LogP contribution in [0.1, 0.15) is 31.5 Å². The van der Waals surface area contributed by atoms with Crippen molar-refractivity contribution < 1.29 is 0 Å². The summed E-state index contributed by atoms with van der Waals surface area (Å²) in [6.07, 6.45) is 3.61. The minimum atomic E-state index is 0.0971. The summed E-state index contributed by atoms with van der Waals surface area (Å²) in [7, 11) is 2.12. The smallest absolute Gasteiger partial charge is 0.129 e. The molecule has 16 heavy (non-hydrogen) atoms. The highest BCUT2D eigenvalue weighted by molar-refractivity contribution is 9.09. The Morgan fingerprint density at radius 3 is 2.81 bits per heavy atom. The van der Waals surface area contributed by atoms with Gasteiger partial charge in [0.2, 0.25) is 0 Å². The molecule has 0 amide bonds. The van der Waals surface area contributed by atoms with Crippen LogP contribution in [-0.2, 0) is 12.8 Å². The Hall–Kier alpha value is -0.570. The van der Waals surface area contributed by atoms with Crippen molar-refractivity contribution in [3.63, 3.8) is 0 Å². The molecule has 88 valence electrons. The summed E-state index contributed by atoms with van der Waals surface area (Å²) in [4.78, 5) is 7.02. The van der Waals surface area contributed by atoms with Gasteiger partial charge in [0, 0.05) is 23.6 Å². The summed E-state index contributed by atoms with van der Waals surface area (Å²) in [5.74, 6) is 1.09. The van der Waals surface area contributed by atoms with Crippen molar-refractivity contribution >= 4 is 21.7 Å². The van der Waals surface area contributed by atoms with Crippen LogP contribution in [0.25, 0.3) is 0 Å². The van der Waals surface area contributed by atoms with Crippen molar-refractivity contribution in [1.29, 1.82) is 0 Å². The predicted octanol–water partition coefficient (Wildman–Crippen LogP) is 3.18. The Morgan fingerprint density at radius 1 is 1.38 bits per heavy atom. The van der Waals surface area contributed by atoms with Crippen molar-refractivity contribution in [2.75, 3.05) is 17.3 Å².